The van der Waals surface area contributed by atoms with E-state index in [4.69, 9.17) is 9.47 Å². The first-order chi connectivity index (χ1) is 13.3. The molecular formula is C21H31N3O3. The van der Waals surface area contributed by atoms with Crippen molar-refractivity contribution in [1.82, 2.24) is 14.8 Å². The van der Waals surface area contributed by atoms with Crippen LogP contribution >= 0.6 is 0 Å². The second-order valence-corrected chi connectivity index (χ2v) is 7.99. The highest BCUT2D eigenvalue weighted by Crippen LogP contribution is 2.27. The van der Waals surface area contributed by atoms with E-state index < -0.39 is 0 Å². The van der Waals surface area contributed by atoms with Crippen molar-refractivity contribution in [3.8, 4) is 0 Å². The predicted octanol–water partition coefficient (Wildman–Crippen LogP) is 2.09. The van der Waals surface area contributed by atoms with Gasteiger partial charge in [-0.2, -0.15) is 0 Å². The van der Waals surface area contributed by atoms with E-state index >= 15 is 0 Å². The molecule has 3 saturated heterocycles. The number of piperidine rings is 1. The molecule has 1 amide bonds. The van der Waals surface area contributed by atoms with Crippen LogP contribution in [0.5, 0.6) is 0 Å². The molecule has 1 aromatic heterocycles. The zero-order chi connectivity index (χ0) is 18.5. The molecule has 0 aliphatic carbocycles. The molecule has 0 bridgehead atoms. The standard InChI is InChI=1S/C21H31N3O3/c25-21(18-5-11-27-16-18)23-9-3-19(4-10-23)24(20-6-12-26-13-7-20)15-17-2-1-8-22-14-17/h1-2,8,14,18-20H,3-7,9-13,15-16H2. The van der Waals surface area contributed by atoms with Crippen LogP contribution in [-0.4, -0.2) is 72.3 Å². The highest BCUT2D eigenvalue weighted by molar-refractivity contribution is 5.79. The molecule has 148 valence electrons. The van der Waals surface area contributed by atoms with Crippen molar-refractivity contribution < 1.29 is 14.3 Å². The Hall–Kier alpha value is -1.50. The topological polar surface area (TPSA) is 54.9 Å². The van der Waals surface area contributed by atoms with E-state index in [1.165, 1.54) is 5.56 Å². The number of hydrogen-bond donors (Lipinski definition) is 0. The van der Waals surface area contributed by atoms with Gasteiger partial charge in [-0.3, -0.25) is 14.7 Å². The molecule has 0 saturated carbocycles. The van der Waals surface area contributed by atoms with Gasteiger partial charge in [-0.1, -0.05) is 6.07 Å². The van der Waals surface area contributed by atoms with Gasteiger partial charge in [0.05, 0.1) is 12.5 Å². The summed E-state index contributed by atoms with van der Waals surface area (Å²) in [5.74, 6) is 0.388. The normalized spacial score (nSPS) is 25.2. The summed E-state index contributed by atoms with van der Waals surface area (Å²) in [6.07, 6.45) is 8.99. The van der Waals surface area contributed by atoms with Crippen LogP contribution in [0.2, 0.25) is 0 Å². The van der Waals surface area contributed by atoms with Gasteiger partial charge in [-0.25, -0.2) is 0 Å². The third kappa shape index (κ3) is 4.68. The van der Waals surface area contributed by atoms with E-state index in [0.29, 0.717) is 24.6 Å². The lowest BCUT2D eigenvalue weighted by molar-refractivity contribution is -0.137. The first-order valence-electron chi connectivity index (χ1n) is 10.4. The third-order valence-corrected chi connectivity index (χ3v) is 6.27. The maximum atomic E-state index is 12.7. The van der Waals surface area contributed by atoms with Gasteiger partial charge >= 0.3 is 0 Å². The number of aromatic nitrogens is 1. The van der Waals surface area contributed by atoms with Crippen molar-refractivity contribution in [1.29, 1.82) is 0 Å². The van der Waals surface area contributed by atoms with Gasteiger partial charge < -0.3 is 14.4 Å². The van der Waals surface area contributed by atoms with E-state index in [1.807, 2.05) is 18.5 Å². The molecular weight excluding hydrogens is 342 g/mol. The van der Waals surface area contributed by atoms with Crippen LogP contribution in [0.4, 0.5) is 0 Å². The van der Waals surface area contributed by atoms with Gasteiger partial charge in [-0.15, -0.1) is 0 Å². The van der Waals surface area contributed by atoms with Gasteiger partial charge in [0.25, 0.3) is 0 Å². The zero-order valence-corrected chi connectivity index (χ0v) is 16.1. The van der Waals surface area contributed by atoms with Crippen LogP contribution < -0.4 is 0 Å². The Kier molecular flexibility index (Phi) is 6.37. The summed E-state index contributed by atoms with van der Waals surface area (Å²) in [5.41, 5.74) is 1.27. The lowest BCUT2D eigenvalue weighted by Gasteiger charge is -2.44. The van der Waals surface area contributed by atoms with Crippen molar-refractivity contribution in [3.63, 3.8) is 0 Å². The van der Waals surface area contributed by atoms with Gasteiger partial charge in [0.1, 0.15) is 0 Å². The molecule has 3 aliphatic heterocycles. The van der Waals surface area contributed by atoms with E-state index in [-0.39, 0.29) is 5.92 Å². The molecule has 27 heavy (non-hydrogen) atoms. The monoisotopic (exact) mass is 373 g/mol. The van der Waals surface area contributed by atoms with Crippen LogP contribution in [0, 0.1) is 5.92 Å². The van der Waals surface area contributed by atoms with Crippen molar-refractivity contribution in [3.05, 3.63) is 30.1 Å². The fourth-order valence-corrected chi connectivity index (χ4v) is 4.68. The predicted molar refractivity (Wildman–Crippen MR) is 102 cm³/mol. The maximum absolute atomic E-state index is 12.7. The Labute approximate surface area is 161 Å². The molecule has 1 unspecified atom stereocenters. The second kappa shape index (κ2) is 9.13. The Morgan fingerprint density at radius 3 is 2.48 bits per heavy atom. The van der Waals surface area contributed by atoms with Gasteiger partial charge in [0.2, 0.25) is 5.91 Å². The summed E-state index contributed by atoms with van der Waals surface area (Å²) >= 11 is 0. The summed E-state index contributed by atoms with van der Waals surface area (Å²) in [6, 6.07) is 5.27. The SMILES string of the molecule is O=C(C1CCOC1)N1CCC(N(Cc2cccnc2)C2CCOCC2)CC1. The molecule has 6 heteroatoms. The highest BCUT2D eigenvalue weighted by Gasteiger charge is 2.34. The number of pyridine rings is 1. The lowest BCUT2D eigenvalue weighted by Crippen LogP contribution is -2.51. The van der Waals surface area contributed by atoms with E-state index in [1.54, 1.807) is 0 Å². The number of rotatable bonds is 5. The molecule has 0 aromatic carbocycles. The van der Waals surface area contributed by atoms with Crippen LogP contribution in [0.3, 0.4) is 0 Å². The third-order valence-electron chi connectivity index (χ3n) is 6.27. The lowest BCUT2D eigenvalue weighted by atomic mass is 9.96. The Morgan fingerprint density at radius 1 is 1.07 bits per heavy atom. The molecule has 4 rings (SSSR count). The largest absolute Gasteiger partial charge is 0.381 e. The van der Waals surface area contributed by atoms with Gasteiger partial charge in [0, 0.05) is 63.9 Å². The van der Waals surface area contributed by atoms with Crippen LogP contribution in [0.25, 0.3) is 0 Å². The van der Waals surface area contributed by atoms with Gasteiger partial charge in [-0.05, 0) is 43.7 Å². The number of likely N-dealkylation sites (tertiary alicyclic amines) is 1. The highest BCUT2D eigenvalue weighted by atomic mass is 16.5. The molecule has 6 nitrogen and oxygen atoms in total. The fraction of sp³-hybridized carbons (Fsp3) is 0.714. The van der Waals surface area contributed by atoms with E-state index in [2.05, 4.69) is 20.9 Å². The molecule has 3 aliphatic rings. The summed E-state index contributed by atoms with van der Waals surface area (Å²) in [5, 5.41) is 0. The molecule has 4 heterocycles. The summed E-state index contributed by atoms with van der Waals surface area (Å²) in [6.45, 7) is 5.72. The Bertz CT molecular complexity index is 592. The second-order valence-electron chi connectivity index (χ2n) is 7.99. The van der Waals surface area contributed by atoms with Crippen LogP contribution in [0.15, 0.2) is 24.5 Å². The minimum atomic E-state index is 0.0866. The van der Waals surface area contributed by atoms with E-state index in [0.717, 1.165) is 71.6 Å². The fourth-order valence-electron chi connectivity index (χ4n) is 4.68. The molecule has 0 radical (unpaired) electrons. The quantitative estimate of drug-likeness (QED) is 0.791. The summed E-state index contributed by atoms with van der Waals surface area (Å²) < 4.78 is 11.0. The minimum Gasteiger partial charge on any atom is -0.381 e. The molecule has 3 fully saturated rings. The number of amides is 1. The van der Waals surface area contributed by atoms with Crippen molar-refractivity contribution in [2.24, 2.45) is 5.92 Å². The van der Waals surface area contributed by atoms with Crippen molar-refractivity contribution in [2.45, 2.75) is 50.7 Å². The molecule has 0 spiro atoms. The Morgan fingerprint density at radius 2 is 1.81 bits per heavy atom. The van der Waals surface area contributed by atoms with Crippen LogP contribution in [0.1, 0.15) is 37.7 Å². The van der Waals surface area contributed by atoms with Crippen LogP contribution in [-0.2, 0) is 20.8 Å². The van der Waals surface area contributed by atoms with E-state index in [9.17, 15) is 4.79 Å². The van der Waals surface area contributed by atoms with Gasteiger partial charge in [0.15, 0.2) is 0 Å². The maximum Gasteiger partial charge on any atom is 0.228 e. The molecule has 1 aromatic rings. The Balaban J connectivity index is 1.39. The summed E-state index contributed by atoms with van der Waals surface area (Å²) in [4.78, 5) is 21.7. The summed E-state index contributed by atoms with van der Waals surface area (Å²) in [7, 11) is 0. The number of nitrogens with zero attached hydrogens (tertiary/aromatic N) is 3. The van der Waals surface area contributed by atoms with Crippen molar-refractivity contribution in [2.75, 3.05) is 39.5 Å². The average molecular weight is 373 g/mol. The number of hydrogen-bond acceptors (Lipinski definition) is 5. The minimum absolute atomic E-state index is 0.0866. The average Bonchev–Trinajstić information content (AvgIpc) is 3.28. The van der Waals surface area contributed by atoms with Crippen molar-refractivity contribution >= 4 is 5.91 Å². The number of carbonyl (C=O) groups excluding carboxylic acids is 1. The molecule has 0 N–H and O–H groups in total. The smallest absolute Gasteiger partial charge is 0.228 e. The molecule has 1 atom stereocenters. The first-order valence-corrected chi connectivity index (χ1v) is 10.4. The number of carbonyl (C=O) groups is 1. The first kappa shape index (κ1) is 18.8. The zero-order valence-electron chi connectivity index (χ0n) is 16.1. The number of ether oxygens (including phenoxy) is 2.